The number of benzene rings is 1. The first-order chi connectivity index (χ1) is 9.65. The second kappa shape index (κ2) is 5.20. The first-order valence-electron chi connectivity index (χ1n) is 6.89. The number of carboxylic acid groups (broad SMARTS) is 1. The van der Waals surface area contributed by atoms with Crippen LogP contribution in [0.4, 0.5) is 0 Å². The van der Waals surface area contributed by atoms with Gasteiger partial charge in [0.05, 0.1) is 11.1 Å². The molecular formula is C14H18N4O2. The van der Waals surface area contributed by atoms with Gasteiger partial charge in [-0.2, -0.15) is 0 Å². The molecule has 3 rings (SSSR count). The van der Waals surface area contributed by atoms with Gasteiger partial charge in [-0.3, -0.25) is 0 Å². The third-order valence-corrected chi connectivity index (χ3v) is 3.93. The zero-order valence-electron chi connectivity index (χ0n) is 11.5. The van der Waals surface area contributed by atoms with E-state index in [1.807, 2.05) is 10.7 Å². The van der Waals surface area contributed by atoms with Crippen LogP contribution >= 0.6 is 0 Å². The fourth-order valence-corrected chi connectivity index (χ4v) is 2.97. The van der Waals surface area contributed by atoms with Gasteiger partial charge in [-0.25, -0.2) is 9.48 Å². The van der Waals surface area contributed by atoms with Crippen molar-refractivity contribution < 1.29 is 9.90 Å². The van der Waals surface area contributed by atoms with Crippen LogP contribution < -0.4 is 0 Å². The highest BCUT2D eigenvalue weighted by Gasteiger charge is 2.20. The van der Waals surface area contributed by atoms with Crippen LogP contribution in [0.25, 0.3) is 11.0 Å². The molecule has 0 radical (unpaired) electrons. The van der Waals surface area contributed by atoms with Crippen LogP contribution in [0.1, 0.15) is 23.2 Å². The summed E-state index contributed by atoms with van der Waals surface area (Å²) in [5, 5.41) is 17.3. The number of hydrogen-bond acceptors (Lipinski definition) is 4. The third-order valence-electron chi connectivity index (χ3n) is 3.93. The molecule has 0 aliphatic carbocycles. The van der Waals surface area contributed by atoms with E-state index in [-0.39, 0.29) is 5.56 Å². The number of nitrogens with zero attached hydrogens (tertiary/aromatic N) is 4. The molecule has 1 atom stereocenters. The molecule has 106 valence electrons. The maximum atomic E-state index is 11.2. The number of carbonyl (C=O) groups is 1. The summed E-state index contributed by atoms with van der Waals surface area (Å²) < 4.78 is 1.84. The van der Waals surface area contributed by atoms with E-state index in [1.54, 1.807) is 12.1 Å². The Labute approximate surface area is 117 Å². The van der Waals surface area contributed by atoms with Crippen LogP contribution in [0.3, 0.4) is 0 Å². The molecule has 2 heterocycles. The van der Waals surface area contributed by atoms with E-state index >= 15 is 0 Å². The van der Waals surface area contributed by atoms with Crippen molar-refractivity contribution in [3.63, 3.8) is 0 Å². The molecule has 0 bridgehead atoms. The van der Waals surface area contributed by atoms with Gasteiger partial charge in [0.1, 0.15) is 5.52 Å². The molecule has 1 fully saturated rings. The largest absolute Gasteiger partial charge is 0.478 e. The molecule has 0 spiro atoms. The van der Waals surface area contributed by atoms with Gasteiger partial charge in [0, 0.05) is 13.1 Å². The molecule has 1 N–H and O–H groups in total. The molecule has 1 aliphatic heterocycles. The molecule has 6 nitrogen and oxygen atoms in total. The lowest BCUT2D eigenvalue weighted by molar-refractivity contribution is 0.0699. The Hall–Kier alpha value is -1.95. The summed E-state index contributed by atoms with van der Waals surface area (Å²) in [5.74, 6) is -0.410. The lowest BCUT2D eigenvalue weighted by Gasteiger charge is -2.29. The number of likely N-dealkylation sites (tertiary alicyclic amines) is 1. The molecule has 0 saturated carbocycles. The second-order valence-corrected chi connectivity index (χ2v) is 5.52. The van der Waals surface area contributed by atoms with Gasteiger partial charge < -0.3 is 10.0 Å². The number of fused-ring (bicyclic) bond motifs is 1. The Morgan fingerprint density at radius 2 is 2.35 bits per heavy atom. The average molecular weight is 274 g/mol. The SMILES string of the molecule is CN1CCCC(Cn2nnc3c(C(=O)O)cccc32)C1. The molecule has 1 aliphatic rings. The monoisotopic (exact) mass is 274 g/mol. The second-order valence-electron chi connectivity index (χ2n) is 5.52. The van der Waals surface area contributed by atoms with Crippen molar-refractivity contribution in [2.75, 3.05) is 20.1 Å². The van der Waals surface area contributed by atoms with Gasteiger partial charge in [0.15, 0.2) is 0 Å². The molecule has 6 heteroatoms. The number of piperidine rings is 1. The molecule has 1 aromatic heterocycles. The Morgan fingerprint density at radius 3 is 3.10 bits per heavy atom. The minimum atomic E-state index is -0.958. The molecule has 1 saturated heterocycles. The molecule has 2 aromatic rings. The minimum absolute atomic E-state index is 0.217. The van der Waals surface area contributed by atoms with E-state index in [1.165, 1.54) is 12.8 Å². The summed E-state index contributed by atoms with van der Waals surface area (Å²) in [6, 6.07) is 5.20. The van der Waals surface area contributed by atoms with E-state index in [4.69, 9.17) is 5.11 Å². The smallest absolute Gasteiger partial charge is 0.338 e. The first kappa shape index (κ1) is 13.1. The highest BCUT2D eigenvalue weighted by molar-refractivity contribution is 6.00. The maximum absolute atomic E-state index is 11.2. The van der Waals surface area contributed by atoms with E-state index in [0.29, 0.717) is 11.4 Å². The van der Waals surface area contributed by atoms with E-state index < -0.39 is 5.97 Å². The zero-order chi connectivity index (χ0) is 14.1. The fourth-order valence-electron chi connectivity index (χ4n) is 2.97. The number of carboxylic acids is 1. The summed E-state index contributed by atoms with van der Waals surface area (Å²) in [6.45, 7) is 3.00. The molecule has 1 unspecified atom stereocenters. The number of rotatable bonds is 3. The summed E-state index contributed by atoms with van der Waals surface area (Å²) in [4.78, 5) is 13.5. The van der Waals surface area contributed by atoms with Gasteiger partial charge in [-0.15, -0.1) is 5.10 Å². The van der Waals surface area contributed by atoms with Gasteiger partial charge in [0.2, 0.25) is 0 Å². The van der Waals surface area contributed by atoms with Crippen molar-refractivity contribution in [1.82, 2.24) is 19.9 Å². The zero-order valence-corrected chi connectivity index (χ0v) is 11.5. The Kier molecular flexibility index (Phi) is 3.40. The Bertz CT molecular complexity index is 637. The molecular weight excluding hydrogens is 256 g/mol. The van der Waals surface area contributed by atoms with Gasteiger partial charge in [-0.05, 0) is 44.5 Å². The van der Waals surface area contributed by atoms with Crippen molar-refractivity contribution in [3.05, 3.63) is 23.8 Å². The predicted molar refractivity (Wildman–Crippen MR) is 74.7 cm³/mol. The predicted octanol–water partition coefficient (Wildman–Crippen LogP) is 1.47. The van der Waals surface area contributed by atoms with E-state index in [2.05, 4.69) is 22.3 Å². The Balaban J connectivity index is 1.89. The number of aromatic nitrogens is 3. The minimum Gasteiger partial charge on any atom is -0.478 e. The van der Waals surface area contributed by atoms with Crippen LogP contribution in [0, 0.1) is 5.92 Å². The van der Waals surface area contributed by atoms with Crippen LogP contribution in [-0.2, 0) is 6.54 Å². The van der Waals surface area contributed by atoms with Crippen molar-refractivity contribution in [2.24, 2.45) is 5.92 Å². The standard InChI is InChI=1S/C14H18N4O2/c1-17-7-3-4-10(8-17)9-18-12-6-2-5-11(14(19)20)13(12)15-16-18/h2,5-6,10H,3-4,7-9H2,1H3,(H,19,20). The first-order valence-corrected chi connectivity index (χ1v) is 6.89. The van der Waals surface area contributed by atoms with Crippen LogP contribution in [0.5, 0.6) is 0 Å². The van der Waals surface area contributed by atoms with Gasteiger partial charge in [-0.1, -0.05) is 11.3 Å². The summed E-state index contributed by atoms with van der Waals surface area (Å²) >= 11 is 0. The topological polar surface area (TPSA) is 71.2 Å². The highest BCUT2D eigenvalue weighted by Crippen LogP contribution is 2.21. The van der Waals surface area contributed by atoms with Crippen LogP contribution in [0.15, 0.2) is 18.2 Å². The normalized spacial score (nSPS) is 20.4. The third kappa shape index (κ3) is 2.38. The van der Waals surface area contributed by atoms with Crippen molar-refractivity contribution in [3.8, 4) is 0 Å². The molecule has 1 aromatic carbocycles. The summed E-state index contributed by atoms with van der Waals surface area (Å²) in [5.41, 5.74) is 1.50. The lowest BCUT2D eigenvalue weighted by Crippen LogP contribution is -2.34. The van der Waals surface area contributed by atoms with Crippen molar-refractivity contribution in [1.29, 1.82) is 0 Å². The molecule has 20 heavy (non-hydrogen) atoms. The van der Waals surface area contributed by atoms with Crippen molar-refractivity contribution in [2.45, 2.75) is 19.4 Å². The quantitative estimate of drug-likeness (QED) is 0.917. The number of aromatic carboxylic acids is 1. The Morgan fingerprint density at radius 1 is 1.50 bits per heavy atom. The lowest BCUT2D eigenvalue weighted by atomic mass is 9.98. The van der Waals surface area contributed by atoms with Crippen LogP contribution in [0.2, 0.25) is 0 Å². The fraction of sp³-hybridized carbons (Fsp3) is 0.500. The summed E-state index contributed by atoms with van der Waals surface area (Å²) in [6.07, 6.45) is 2.39. The van der Waals surface area contributed by atoms with Crippen molar-refractivity contribution >= 4 is 17.0 Å². The van der Waals surface area contributed by atoms with E-state index in [0.717, 1.165) is 25.2 Å². The summed E-state index contributed by atoms with van der Waals surface area (Å²) in [7, 11) is 2.13. The van der Waals surface area contributed by atoms with Crippen LogP contribution in [-0.4, -0.2) is 51.1 Å². The average Bonchev–Trinajstić information content (AvgIpc) is 2.82. The van der Waals surface area contributed by atoms with Gasteiger partial charge >= 0.3 is 5.97 Å². The number of hydrogen-bond donors (Lipinski definition) is 1. The van der Waals surface area contributed by atoms with E-state index in [9.17, 15) is 4.79 Å². The molecule has 0 amide bonds. The highest BCUT2D eigenvalue weighted by atomic mass is 16.4. The maximum Gasteiger partial charge on any atom is 0.338 e. The van der Waals surface area contributed by atoms with Gasteiger partial charge in [0.25, 0.3) is 0 Å².